The van der Waals surface area contributed by atoms with Gasteiger partial charge in [-0.15, -0.1) is 0 Å². The molecule has 1 aromatic heterocycles. The van der Waals surface area contributed by atoms with Gasteiger partial charge in [0.05, 0.1) is 16.7 Å². The first-order valence-corrected chi connectivity index (χ1v) is 9.75. The molecule has 0 spiro atoms. The number of nitrogens with zero attached hydrogens (tertiary/aromatic N) is 4. The number of thioether (sulfide) groups is 1. The molecule has 0 N–H and O–H groups in total. The first kappa shape index (κ1) is 15.9. The predicted molar refractivity (Wildman–Crippen MR) is 98.4 cm³/mol. The number of fused-ring (bicyclic) bond motifs is 3. The topological polar surface area (TPSA) is 50.5 Å². The van der Waals surface area contributed by atoms with Crippen molar-refractivity contribution in [1.82, 2.24) is 9.66 Å². The zero-order valence-corrected chi connectivity index (χ0v) is 15.3. The first-order valence-electron chi connectivity index (χ1n) is 8.94. The Labute approximate surface area is 146 Å². The maximum absolute atomic E-state index is 13.2. The second kappa shape index (κ2) is 6.06. The van der Waals surface area contributed by atoms with Crippen LogP contribution in [0, 0.1) is 5.92 Å². The summed E-state index contributed by atoms with van der Waals surface area (Å²) in [6.45, 7) is 6.58. The van der Waals surface area contributed by atoms with Crippen LogP contribution in [0.25, 0.3) is 0 Å². The lowest BCUT2D eigenvalue weighted by Gasteiger charge is -2.41. The molecule has 0 aliphatic carbocycles. The van der Waals surface area contributed by atoms with Crippen LogP contribution in [0.4, 0.5) is 0 Å². The minimum Gasteiger partial charge on any atom is -0.303 e. The lowest BCUT2D eigenvalue weighted by molar-refractivity contribution is 0.326. The Bertz CT molecular complexity index is 759. The Morgan fingerprint density at radius 2 is 2.04 bits per heavy atom. The van der Waals surface area contributed by atoms with Crippen molar-refractivity contribution < 1.29 is 0 Å². The fourth-order valence-electron chi connectivity index (χ4n) is 4.24. The van der Waals surface area contributed by atoms with E-state index in [4.69, 9.17) is 4.98 Å². The maximum atomic E-state index is 13.2. The Morgan fingerprint density at radius 3 is 2.75 bits per heavy atom. The van der Waals surface area contributed by atoms with E-state index in [0.717, 1.165) is 34.9 Å². The Hall–Kier alpha value is -1.56. The third-order valence-corrected chi connectivity index (χ3v) is 6.70. The normalized spacial score (nSPS) is 31.6. The van der Waals surface area contributed by atoms with Crippen molar-refractivity contribution in [1.29, 1.82) is 0 Å². The van der Waals surface area contributed by atoms with Gasteiger partial charge < -0.3 is 5.01 Å². The first-order chi connectivity index (χ1) is 11.6. The molecule has 4 heterocycles. The average molecular weight is 344 g/mol. The highest BCUT2D eigenvalue weighted by Crippen LogP contribution is 2.45. The molecular formula is C18H24N4OS. The number of rotatable bonds is 2. The molecule has 24 heavy (non-hydrogen) atoms. The summed E-state index contributed by atoms with van der Waals surface area (Å²) in [7, 11) is 0. The summed E-state index contributed by atoms with van der Waals surface area (Å²) in [5, 5.41) is 3.24. The zero-order valence-electron chi connectivity index (χ0n) is 14.5. The summed E-state index contributed by atoms with van der Waals surface area (Å²) in [5.41, 5.74) is 0.992. The van der Waals surface area contributed by atoms with Gasteiger partial charge in [0, 0.05) is 18.3 Å². The molecule has 0 saturated carbocycles. The van der Waals surface area contributed by atoms with Crippen LogP contribution in [0.1, 0.15) is 58.1 Å². The van der Waals surface area contributed by atoms with E-state index in [1.54, 1.807) is 11.0 Å². The van der Waals surface area contributed by atoms with Gasteiger partial charge in [-0.3, -0.25) is 9.79 Å². The highest BCUT2D eigenvalue weighted by atomic mass is 32.2. The quantitative estimate of drug-likeness (QED) is 0.826. The van der Waals surface area contributed by atoms with Crippen LogP contribution in [0.15, 0.2) is 33.3 Å². The fraction of sp³-hybridized carbons (Fsp3) is 0.611. The van der Waals surface area contributed by atoms with Crippen LogP contribution in [0.2, 0.25) is 0 Å². The van der Waals surface area contributed by atoms with Crippen LogP contribution in [-0.4, -0.2) is 26.8 Å². The highest BCUT2D eigenvalue weighted by molar-refractivity contribution is 8.14. The average Bonchev–Trinajstić information content (AvgIpc) is 2.96. The van der Waals surface area contributed by atoms with Gasteiger partial charge in [0.2, 0.25) is 0 Å². The van der Waals surface area contributed by atoms with E-state index in [1.165, 1.54) is 18.2 Å². The fourth-order valence-corrected chi connectivity index (χ4v) is 5.44. The molecule has 3 aliphatic heterocycles. The summed E-state index contributed by atoms with van der Waals surface area (Å²) in [6.07, 6.45) is 10.3. The number of allylic oxidation sites excluding steroid dienone is 1. The van der Waals surface area contributed by atoms with Gasteiger partial charge in [-0.2, -0.15) is 0 Å². The molecule has 4 rings (SSSR count). The molecule has 1 saturated heterocycles. The van der Waals surface area contributed by atoms with E-state index in [1.807, 2.05) is 6.20 Å². The Balaban J connectivity index is 1.77. The molecule has 0 radical (unpaired) electrons. The molecule has 0 aromatic carbocycles. The number of hydrogen-bond acceptors (Lipinski definition) is 5. The second-order valence-corrected chi connectivity index (χ2v) is 8.11. The molecule has 1 fully saturated rings. The van der Waals surface area contributed by atoms with E-state index >= 15 is 0 Å². The van der Waals surface area contributed by atoms with E-state index in [9.17, 15) is 4.79 Å². The SMILES string of the molecule is CCC1C=CN=C2Sc3c(ncn(N4C(C)CCCC4C)c3=O)C21. The van der Waals surface area contributed by atoms with Gasteiger partial charge in [0.25, 0.3) is 5.56 Å². The highest BCUT2D eigenvalue weighted by Gasteiger charge is 2.39. The molecule has 0 amide bonds. The lowest BCUT2D eigenvalue weighted by atomic mass is 9.87. The van der Waals surface area contributed by atoms with Crippen LogP contribution < -0.4 is 10.6 Å². The van der Waals surface area contributed by atoms with E-state index in [-0.39, 0.29) is 11.5 Å². The smallest absolute Gasteiger partial charge is 0.286 e. The molecule has 128 valence electrons. The third kappa shape index (κ3) is 2.34. The van der Waals surface area contributed by atoms with Crippen LogP contribution in [0.3, 0.4) is 0 Å². The molecule has 4 unspecified atom stereocenters. The molecule has 3 aliphatic rings. The van der Waals surface area contributed by atoms with Crippen molar-refractivity contribution in [2.24, 2.45) is 10.9 Å². The summed E-state index contributed by atoms with van der Waals surface area (Å²) in [6, 6.07) is 0.727. The lowest BCUT2D eigenvalue weighted by Crippen LogP contribution is -2.55. The number of aromatic nitrogens is 2. The number of hydrogen-bond donors (Lipinski definition) is 0. The number of piperidine rings is 1. The van der Waals surface area contributed by atoms with Gasteiger partial charge in [-0.05, 0) is 45.4 Å². The van der Waals surface area contributed by atoms with Crippen molar-refractivity contribution in [2.45, 2.75) is 69.4 Å². The van der Waals surface area contributed by atoms with E-state index in [0.29, 0.717) is 18.0 Å². The van der Waals surface area contributed by atoms with Crippen LogP contribution in [-0.2, 0) is 0 Å². The standard InChI is InChI=1S/C18H24N4OS/c1-4-13-8-9-19-17-14(13)15-16(24-17)18(23)21(10-20-15)22-11(2)6-5-7-12(22)3/h8-14H,4-7H2,1-3H3. The number of aliphatic imine (C=N–C) groups is 1. The van der Waals surface area contributed by atoms with Gasteiger partial charge in [-0.1, -0.05) is 24.8 Å². The van der Waals surface area contributed by atoms with Gasteiger partial charge in [0.15, 0.2) is 0 Å². The molecule has 5 nitrogen and oxygen atoms in total. The van der Waals surface area contributed by atoms with Crippen molar-refractivity contribution in [3.63, 3.8) is 0 Å². The summed E-state index contributed by atoms with van der Waals surface area (Å²) >= 11 is 1.52. The van der Waals surface area contributed by atoms with E-state index in [2.05, 4.69) is 36.8 Å². The second-order valence-electron chi connectivity index (χ2n) is 7.08. The molecule has 6 heteroatoms. The molecule has 1 aromatic rings. The summed E-state index contributed by atoms with van der Waals surface area (Å²) < 4.78 is 1.76. The zero-order chi connectivity index (χ0) is 16.8. The minimum absolute atomic E-state index is 0.0672. The van der Waals surface area contributed by atoms with Gasteiger partial charge in [0.1, 0.15) is 11.2 Å². The van der Waals surface area contributed by atoms with Gasteiger partial charge >= 0.3 is 0 Å². The minimum atomic E-state index is 0.0672. The molecular weight excluding hydrogens is 320 g/mol. The van der Waals surface area contributed by atoms with Crippen molar-refractivity contribution in [3.05, 3.63) is 34.7 Å². The predicted octanol–water partition coefficient (Wildman–Crippen LogP) is 3.28. The van der Waals surface area contributed by atoms with Gasteiger partial charge in [-0.25, -0.2) is 9.66 Å². The van der Waals surface area contributed by atoms with Crippen LogP contribution in [0.5, 0.6) is 0 Å². The van der Waals surface area contributed by atoms with Crippen molar-refractivity contribution in [2.75, 3.05) is 5.01 Å². The largest absolute Gasteiger partial charge is 0.303 e. The van der Waals surface area contributed by atoms with Crippen LogP contribution >= 0.6 is 11.8 Å². The molecule has 0 bridgehead atoms. The van der Waals surface area contributed by atoms with E-state index < -0.39 is 0 Å². The maximum Gasteiger partial charge on any atom is 0.286 e. The molecule has 4 atom stereocenters. The third-order valence-electron chi connectivity index (χ3n) is 5.54. The van der Waals surface area contributed by atoms with Crippen molar-refractivity contribution in [3.8, 4) is 0 Å². The monoisotopic (exact) mass is 344 g/mol. The summed E-state index contributed by atoms with van der Waals surface area (Å²) in [4.78, 5) is 23.2. The Morgan fingerprint density at radius 1 is 1.29 bits per heavy atom. The summed E-state index contributed by atoms with van der Waals surface area (Å²) in [5.74, 6) is 0.556. The van der Waals surface area contributed by atoms with Crippen molar-refractivity contribution >= 4 is 16.8 Å². The Kier molecular flexibility index (Phi) is 4.03.